The molecule has 0 fully saturated rings. The average molecular weight is 213 g/mol. The standard InChI is InChI=1S/C13H15N3/c14-12(8-11-4-2-1-3-5-11)9-13-6-7-15-10-16-13/h1-7,10,12H,8-9,14H2. The van der Waals surface area contributed by atoms with Crippen molar-refractivity contribution in [2.45, 2.75) is 18.9 Å². The Hall–Kier alpha value is -1.74. The Morgan fingerprint density at radius 3 is 2.56 bits per heavy atom. The van der Waals surface area contributed by atoms with Crippen LogP contribution in [-0.2, 0) is 12.8 Å². The van der Waals surface area contributed by atoms with Crippen molar-refractivity contribution in [2.75, 3.05) is 0 Å². The third-order valence-corrected chi connectivity index (χ3v) is 2.46. The number of hydrogen-bond donors (Lipinski definition) is 1. The lowest BCUT2D eigenvalue weighted by Gasteiger charge is -2.10. The van der Waals surface area contributed by atoms with Gasteiger partial charge >= 0.3 is 0 Å². The lowest BCUT2D eigenvalue weighted by molar-refractivity contribution is 0.653. The van der Waals surface area contributed by atoms with Gasteiger partial charge in [-0.2, -0.15) is 0 Å². The van der Waals surface area contributed by atoms with Crippen molar-refractivity contribution in [1.82, 2.24) is 9.97 Å². The van der Waals surface area contributed by atoms with Gasteiger partial charge in [-0.1, -0.05) is 30.3 Å². The SMILES string of the molecule is NC(Cc1ccccc1)Cc1ccncn1. The van der Waals surface area contributed by atoms with E-state index < -0.39 is 0 Å². The lowest BCUT2D eigenvalue weighted by atomic mass is 10.0. The van der Waals surface area contributed by atoms with Gasteiger partial charge in [-0.25, -0.2) is 9.97 Å². The summed E-state index contributed by atoms with van der Waals surface area (Å²) >= 11 is 0. The van der Waals surface area contributed by atoms with Gasteiger partial charge in [-0.3, -0.25) is 0 Å². The predicted octanol–water partition coefficient (Wildman–Crippen LogP) is 1.59. The van der Waals surface area contributed by atoms with E-state index in [0.29, 0.717) is 0 Å². The third-order valence-electron chi connectivity index (χ3n) is 2.46. The predicted molar refractivity (Wildman–Crippen MR) is 63.9 cm³/mol. The summed E-state index contributed by atoms with van der Waals surface area (Å²) in [5.41, 5.74) is 8.34. The molecule has 1 atom stereocenters. The van der Waals surface area contributed by atoms with Crippen LogP contribution < -0.4 is 5.73 Å². The van der Waals surface area contributed by atoms with E-state index in [-0.39, 0.29) is 6.04 Å². The number of rotatable bonds is 4. The molecule has 1 aromatic carbocycles. The number of hydrogen-bond acceptors (Lipinski definition) is 3. The van der Waals surface area contributed by atoms with E-state index in [2.05, 4.69) is 22.1 Å². The van der Waals surface area contributed by atoms with E-state index in [1.165, 1.54) is 5.56 Å². The van der Waals surface area contributed by atoms with Crippen molar-refractivity contribution in [2.24, 2.45) is 5.73 Å². The van der Waals surface area contributed by atoms with Crippen LogP contribution in [0.25, 0.3) is 0 Å². The smallest absolute Gasteiger partial charge is 0.115 e. The molecule has 0 aliphatic rings. The van der Waals surface area contributed by atoms with Crippen LogP contribution in [0.15, 0.2) is 48.9 Å². The topological polar surface area (TPSA) is 51.8 Å². The highest BCUT2D eigenvalue weighted by atomic mass is 14.8. The molecule has 0 aliphatic heterocycles. The van der Waals surface area contributed by atoms with E-state index in [9.17, 15) is 0 Å². The molecule has 0 bridgehead atoms. The zero-order valence-electron chi connectivity index (χ0n) is 9.08. The molecule has 0 saturated heterocycles. The highest BCUT2D eigenvalue weighted by Crippen LogP contribution is 2.05. The Bertz CT molecular complexity index is 372. The van der Waals surface area contributed by atoms with E-state index in [4.69, 9.17) is 5.73 Å². The Morgan fingerprint density at radius 2 is 1.88 bits per heavy atom. The molecule has 1 heterocycles. The fourth-order valence-electron chi connectivity index (χ4n) is 1.70. The third kappa shape index (κ3) is 3.14. The highest BCUT2D eigenvalue weighted by Gasteiger charge is 2.05. The van der Waals surface area contributed by atoms with Gasteiger partial charge in [0.1, 0.15) is 6.33 Å². The minimum atomic E-state index is 0.109. The molecule has 0 amide bonds. The van der Waals surface area contributed by atoms with Crippen LogP contribution in [0.3, 0.4) is 0 Å². The Morgan fingerprint density at radius 1 is 1.06 bits per heavy atom. The van der Waals surface area contributed by atoms with E-state index in [1.807, 2.05) is 24.3 Å². The van der Waals surface area contributed by atoms with Crippen molar-refractivity contribution >= 4 is 0 Å². The molecular formula is C13H15N3. The molecule has 0 radical (unpaired) electrons. The van der Waals surface area contributed by atoms with Crippen molar-refractivity contribution in [3.05, 3.63) is 60.2 Å². The summed E-state index contributed by atoms with van der Waals surface area (Å²) in [7, 11) is 0. The van der Waals surface area contributed by atoms with Gasteiger partial charge in [0.05, 0.1) is 0 Å². The first-order valence-electron chi connectivity index (χ1n) is 5.39. The minimum absolute atomic E-state index is 0.109. The second-order valence-corrected chi connectivity index (χ2v) is 3.85. The summed E-state index contributed by atoms with van der Waals surface area (Å²) in [6.45, 7) is 0. The van der Waals surface area contributed by atoms with Crippen LogP contribution in [0.2, 0.25) is 0 Å². The molecule has 2 rings (SSSR count). The maximum absolute atomic E-state index is 6.08. The number of nitrogens with zero attached hydrogens (tertiary/aromatic N) is 2. The molecule has 0 saturated carbocycles. The molecule has 3 nitrogen and oxygen atoms in total. The summed E-state index contributed by atoms with van der Waals surface area (Å²) in [6.07, 6.45) is 4.98. The van der Waals surface area contributed by atoms with Gasteiger partial charge in [0.15, 0.2) is 0 Å². The first-order valence-corrected chi connectivity index (χ1v) is 5.39. The normalized spacial score (nSPS) is 12.3. The first-order chi connectivity index (χ1) is 7.84. The Balaban J connectivity index is 1.92. The number of nitrogens with two attached hydrogens (primary N) is 1. The Labute approximate surface area is 95.4 Å². The summed E-state index contributed by atoms with van der Waals surface area (Å²) in [4.78, 5) is 8.05. The van der Waals surface area contributed by atoms with Gasteiger partial charge in [0, 0.05) is 24.4 Å². The zero-order valence-corrected chi connectivity index (χ0v) is 9.08. The second kappa shape index (κ2) is 5.37. The van der Waals surface area contributed by atoms with Crippen molar-refractivity contribution in [1.29, 1.82) is 0 Å². The first kappa shape index (κ1) is 10.8. The lowest BCUT2D eigenvalue weighted by Crippen LogP contribution is -2.25. The molecule has 16 heavy (non-hydrogen) atoms. The highest BCUT2D eigenvalue weighted by molar-refractivity contribution is 5.16. The van der Waals surface area contributed by atoms with Crippen LogP contribution in [0, 0.1) is 0 Å². The van der Waals surface area contributed by atoms with Crippen LogP contribution >= 0.6 is 0 Å². The summed E-state index contributed by atoms with van der Waals surface area (Å²) in [5, 5.41) is 0. The summed E-state index contributed by atoms with van der Waals surface area (Å²) in [6, 6.07) is 12.3. The Kier molecular flexibility index (Phi) is 3.62. The molecule has 0 aliphatic carbocycles. The van der Waals surface area contributed by atoms with Crippen molar-refractivity contribution in [3.63, 3.8) is 0 Å². The fraction of sp³-hybridized carbons (Fsp3) is 0.231. The maximum Gasteiger partial charge on any atom is 0.115 e. The molecule has 2 N–H and O–H groups in total. The largest absolute Gasteiger partial charge is 0.327 e. The molecule has 2 aromatic rings. The van der Waals surface area contributed by atoms with Crippen LogP contribution in [0.1, 0.15) is 11.3 Å². The van der Waals surface area contributed by atoms with E-state index in [1.54, 1.807) is 12.5 Å². The van der Waals surface area contributed by atoms with Gasteiger partial charge < -0.3 is 5.73 Å². The molecular weight excluding hydrogens is 198 g/mol. The summed E-state index contributed by atoms with van der Waals surface area (Å²) in [5.74, 6) is 0. The monoisotopic (exact) mass is 213 g/mol. The quantitative estimate of drug-likeness (QED) is 0.839. The molecule has 0 spiro atoms. The van der Waals surface area contributed by atoms with Gasteiger partial charge in [-0.05, 0) is 18.1 Å². The molecule has 1 aromatic heterocycles. The van der Waals surface area contributed by atoms with Gasteiger partial charge in [0.25, 0.3) is 0 Å². The maximum atomic E-state index is 6.08. The zero-order chi connectivity index (χ0) is 11.2. The van der Waals surface area contributed by atoms with E-state index in [0.717, 1.165) is 18.5 Å². The van der Waals surface area contributed by atoms with Crippen molar-refractivity contribution < 1.29 is 0 Å². The average Bonchev–Trinajstić information content (AvgIpc) is 2.31. The van der Waals surface area contributed by atoms with Crippen LogP contribution in [0.5, 0.6) is 0 Å². The van der Waals surface area contributed by atoms with Crippen LogP contribution in [-0.4, -0.2) is 16.0 Å². The van der Waals surface area contributed by atoms with E-state index >= 15 is 0 Å². The van der Waals surface area contributed by atoms with Crippen molar-refractivity contribution in [3.8, 4) is 0 Å². The molecule has 3 heteroatoms. The number of aromatic nitrogens is 2. The fourth-order valence-corrected chi connectivity index (χ4v) is 1.70. The minimum Gasteiger partial charge on any atom is -0.327 e. The molecule has 1 unspecified atom stereocenters. The van der Waals surface area contributed by atoms with Gasteiger partial charge in [-0.15, -0.1) is 0 Å². The number of benzene rings is 1. The molecule has 82 valence electrons. The summed E-state index contributed by atoms with van der Waals surface area (Å²) < 4.78 is 0. The van der Waals surface area contributed by atoms with Crippen LogP contribution in [0.4, 0.5) is 0 Å². The van der Waals surface area contributed by atoms with Gasteiger partial charge in [0.2, 0.25) is 0 Å². The second-order valence-electron chi connectivity index (χ2n) is 3.85.